The number of aryl methyl sites for hydroxylation is 2. The summed E-state index contributed by atoms with van der Waals surface area (Å²) >= 11 is 0. The highest BCUT2D eigenvalue weighted by Crippen LogP contribution is 2.27. The largest absolute Gasteiger partial charge is 0.368 e. The number of nitrogens with one attached hydrogen (secondary N) is 3. The first-order valence-electron chi connectivity index (χ1n) is 10.7. The Labute approximate surface area is 185 Å². The highest BCUT2D eigenvalue weighted by atomic mass is 32.2. The van der Waals surface area contributed by atoms with E-state index < -0.39 is 10.0 Å². The summed E-state index contributed by atoms with van der Waals surface area (Å²) in [4.78, 5) is 15.4. The average Bonchev–Trinajstić information content (AvgIpc) is 2.75. The number of rotatable bonds is 7. The second-order valence-electron chi connectivity index (χ2n) is 8.10. The van der Waals surface area contributed by atoms with Gasteiger partial charge in [0, 0.05) is 43.6 Å². The Balaban J connectivity index is 1.94. The molecule has 1 amide bonds. The minimum Gasteiger partial charge on any atom is -0.368 e. The highest BCUT2D eigenvalue weighted by Gasteiger charge is 2.22. The molecule has 31 heavy (non-hydrogen) atoms. The van der Waals surface area contributed by atoms with Crippen molar-refractivity contribution >= 4 is 27.3 Å². The fourth-order valence-corrected chi connectivity index (χ4v) is 4.60. The number of amides is 1. The van der Waals surface area contributed by atoms with Crippen molar-refractivity contribution in [1.82, 2.24) is 10.6 Å². The molecular formula is C23H32N4O3S. The van der Waals surface area contributed by atoms with E-state index in [1.54, 1.807) is 30.3 Å². The summed E-state index contributed by atoms with van der Waals surface area (Å²) < 4.78 is 28.5. The molecule has 0 radical (unpaired) electrons. The zero-order chi connectivity index (χ0) is 22.6. The first-order chi connectivity index (χ1) is 14.7. The third-order valence-electron chi connectivity index (χ3n) is 5.73. The molecule has 1 aliphatic heterocycles. The highest BCUT2D eigenvalue weighted by molar-refractivity contribution is 7.92. The van der Waals surface area contributed by atoms with E-state index in [-0.39, 0.29) is 16.8 Å². The summed E-state index contributed by atoms with van der Waals surface area (Å²) in [5.41, 5.74) is 3.60. The summed E-state index contributed by atoms with van der Waals surface area (Å²) in [7, 11) is -3.77. The number of carbonyl (C=O) groups excluding carboxylic acids is 1. The van der Waals surface area contributed by atoms with Crippen molar-refractivity contribution in [3.05, 3.63) is 53.1 Å². The maximum atomic E-state index is 13.0. The molecule has 2 aromatic rings. The number of piperazine rings is 1. The summed E-state index contributed by atoms with van der Waals surface area (Å²) in [5, 5.41) is 6.31. The molecule has 1 fully saturated rings. The molecule has 0 aromatic heterocycles. The lowest BCUT2D eigenvalue weighted by Crippen LogP contribution is -2.44. The van der Waals surface area contributed by atoms with E-state index in [1.165, 1.54) is 0 Å². The van der Waals surface area contributed by atoms with Crippen LogP contribution < -0.4 is 20.3 Å². The fraction of sp³-hybridized carbons (Fsp3) is 0.435. The molecule has 1 heterocycles. The van der Waals surface area contributed by atoms with Gasteiger partial charge in [0.1, 0.15) is 0 Å². The van der Waals surface area contributed by atoms with Crippen LogP contribution in [-0.4, -0.2) is 46.5 Å². The van der Waals surface area contributed by atoms with Crippen LogP contribution in [0, 0.1) is 13.8 Å². The van der Waals surface area contributed by atoms with Gasteiger partial charge in [-0.05, 0) is 68.7 Å². The molecule has 2 aromatic carbocycles. The molecule has 0 spiro atoms. The van der Waals surface area contributed by atoms with E-state index in [0.717, 1.165) is 49.4 Å². The Morgan fingerprint density at radius 2 is 1.81 bits per heavy atom. The van der Waals surface area contributed by atoms with Gasteiger partial charge in [0.05, 0.1) is 10.5 Å². The molecule has 1 unspecified atom stereocenters. The Hall–Kier alpha value is -2.58. The number of hydrogen-bond donors (Lipinski definition) is 3. The molecule has 0 saturated carbocycles. The smallest absolute Gasteiger partial charge is 0.261 e. The van der Waals surface area contributed by atoms with Crippen molar-refractivity contribution in [3.8, 4) is 0 Å². The summed E-state index contributed by atoms with van der Waals surface area (Å²) in [6, 6.07) is 10.3. The first kappa shape index (κ1) is 23.1. The van der Waals surface area contributed by atoms with Crippen LogP contribution in [0.1, 0.15) is 41.8 Å². The van der Waals surface area contributed by atoms with Crippen LogP contribution in [0.3, 0.4) is 0 Å². The van der Waals surface area contributed by atoms with Gasteiger partial charge in [-0.3, -0.25) is 9.52 Å². The number of anilines is 2. The van der Waals surface area contributed by atoms with E-state index in [9.17, 15) is 13.2 Å². The molecule has 7 nitrogen and oxygen atoms in total. The van der Waals surface area contributed by atoms with Crippen LogP contribution in [-0.2, 0) is 10.0 Å². The standard InChI is InChI=1S/C23H32N4O3S/c1-5-18(4)25-23(28)21-15-19(7-9-22(21)27-12-10-24-11-13-27)26-31(29,30)20-8-6-16(2)17(3)14-20/h6-9,14-15,18,24,26H,5,10-13H2,1-4H3,(H,25,28). The van der Waals surface area contributed by atoms with E-state index in [0.29, 0.717) is 11.3 Å². The topological polar surface area (TPSA) is 90.5 Å². The van der Waals surface area contributed by atoms with Gasteiger partial charge in [0.25, 0.3) is 15.9 Å². The van der Waals surface area contributed by atoms with Gasteiger partial charge < -0.3 is 15.5 Å². The van der Waals surface area contributed by atoms with E-state index in [4.69, 9.17) is 0 Å². The lowest BCUT2D eigenvalue weighted by Gasteiger charge is -2.31. The summed E-state index contributed by atoms with van der Waals surface area (Å²) in [6.45, 7) is 11.0. The number of benzene rings is 2. The van der Waals surface area contributed by atoms with Crippen molar-refractivity contribution in [2.45, 2.75) is 45.1 Å². The minimum atomic E-state index is -3.77. The van der Waals surface area contributed by atoms with Crippen LogP contribution >= 0.6 is 0 Å². The molecular weight excluding hydrogens is 412 g/mol. The Morgan fingerprint density at radius 3 is 2.45 bits per heavy atom. The maximum Gasteiger partial charge on any atom is 0.261 e. The van der Waals surface area contributed by atoms with E-state index in [1.807, 2.05) is 33.8 Å². The monoisotopic (exact) mass is 444 g/mol. The molecule has 3 N–H and O–H groups in total. The average molecular weight is 445 g/mol. The molecule has 0 bridgehead atoms. The SMILES string of the molecule is CCC(C)NC(=O)c1cc(NS(=O)(=O)c2ccc(C)c(C)c2)ccc1N1CCNCC1. The van der Waals surface area contributed by atoms with Crippen molar-refractivity contribution in [2.24, 2.45) is 0 Å². The molecule has 168 valence electrons. The van der Waals surface area contributed by atoms with Gasteiger partial charge in [0.2, 0.25) is 0 Å². The number of hydrogen-bond acceptors (Lipinski definition) is 5. The molecule has 1 saturated heterocycles. The summed E-state index contributed by atoms with van der Waals surface area (Å²) in [5.74, 6) is -0.199. The lowest BCUT2D eigenvalue weighted by atomic mass is 10.1. The van der Waals surface area contributed by atoms with E-state index in [2.05, 4.69) is 20.3 Å². The molecule has 0 aliphatic carbocycles. The normalized spacial score (nSPS) is 15.4. The maximum absolute atomic E-state index is 13.0. The zero-order valence-electron chi connectivity index (χ0n) is 18.7. The number of carbonyl (C=O) groups is 1. The van der Waals surface area contributed by atoms with Crippen molar-refractivity contribution in [3.63, 3.8) is 0 Å². The van der Waals surface area contributed by atoms with E-state index >= 15 is 0 Å². The third kappa shape index (κ3) is 5.57. The van der Waals surface area contributed by atoms with Crippen LogP contribution in [0.15, 0.2) is 41.3 Å². The number of sulfonamides is 1. The van der Waals surface area contributed by atoms with Crippen LogP contribution in [0.2, 0.25) is 0 Å². The predicted molar refractivity (Wildman–Crippen MR) is 125 cm³/mol. The Kier molecular flexibility index (Phi) is 7.23. The molecule has 3 rings (SSSR count). The van der Waals surface area contributed by atoms with Crippen molar-refractivity contribution < 1.29 is 13.2 Å². The molecule has 1 aliphatic rings. The second kappa shape index (κ2) is 9.70. The quantitative estimate of drug-likeness (QED) is 0.611. The van der Waals surface area contributed by atoms with Gasteiger partial charge in [-0.15, -0.1) is 0 Å². The van der Waals surface area contributed by atoms with Gasteiger partial charge in [-0.2, -0.15) is 0 Å². The lowest BCUT2D eigenvalue weighted by molar-refractivity contribution is 0.0939. The van der Waals surface area contributed by atoms with Gasteiger partial charge >= 0.3 is 0 Å². The zero-order valence-corrected chi connectivity index (χ0v) is 19.5. The molecule has 1 atom stereocenters. The predicted octanol–water partition coefficient (Wildman–Crippen LogP) is 3.04. The first-order valence-corrected chi connectivity index (χ1v) is 12.2. The number of nitrogens with zero attached hydrogens (tertiary/aromatic N) is 1. The minimum absolute atomic E-state index is 0.0271. The Morgan fingerprint density at radius 1 is 1.10 bits per heavy atom. The van der Waals surface area contributed by atoms with Gasteiger partial charge in [-0.25, -0.2) is 8.42 Å². The van der Waals surface area contributed by atoms with Gasteiger partial charge in [-0.1, -0.05) is 13.0 Å². The second-order valence-corrected chi connectivity index (χ2v) is 9.79. The third-order valence-corrected chi connectivity index (χ3v) is 7.11. The van der Waals surface area contributed by atoms with Crippen LogP contribution in [0.25, 0.3) is 0 Å². The van der Waals surface area contributed by atoms with Crippen LogP contribution in [0.4, 0.5) is 11.4 Å². The summed E-state index contributed by atoms with van der Waals surface area (Å²) in [6.07, 6.45) is 0.813. The Bertz CT molecular complexity index is 1050. The van der Waals surface area contributed by atoms with Crippen molar-refractivity contribution in [2.75, 3.05) is 35.8 Å². The van der Waals surface area contributed by atoms with Gasteiger partial charge in [0.15, 0.2) is 0 Å². The van der Waals surface area contributed by atoms with Crippen molar-refractivity contribution in [1.29, 1.82) is 0 Å². The molecule has 8 heteroatoms. The van der Waals surface area contributed by atoms with Crippen LogP contribution in [0.5, 0.6) is 0 Å². The fourth-order valence-electron chi connectivity index (χ4n) is 3.46.